The summed E-state index contributed by atoms with van der Waals surface area (Å²) in [6, 6.07) is 18.6. The number of nitrogens with two attached hydrogens (primary N) is 1. The maximum absolute atomic E-state index is 6.15. The van der Waals surface area contributed by atoms with Crippen molar-refractivity contribution in [3.63, 3.8) is 0 Å². The molecular formula is C14H12ClN. The van der Waals surface area contributed by atoms with E-state index in [9.17, 15) is 0 Å². The fraction of sp³-hybridized carbons (Fsp3) is 0. The number of halogens is 1. The number of hydrogen-bond acceptors (Lipinski definition) is 1. The van der Waals surface area contributed by atoms with Gasteiger partial charge in [0.1, 0.15) is 0 Å². The van der Waals surface area contributed by atoms with Crippen LogP contribution in [0.25, 0.3) is 21.5 Å². The fourth-order valence-corrected chi connectivity index (χ4v) is 2.05. The summed E-state index contributed by atoms with van der Waals surface area (Å²) in [5, 5.41) is 4.68. The van der Waals surface area contributed by atoms with Crippen molar-refractivity contribution in [3.8, 4) is 0 Å². The van der Waals surface area contributed by atoms with Gasteiger partial charge >= 0.3 is 0 Å². The average Bonchev–Trinajstić information content (AvgIpc) is 2.30. The lowest BCUT2D eigenvalue weighted by Gasteiger charge is -2.06. The van der Waals surface area contributed by atoms with Crippen LogP contribution in [-0.2, 0) is 0 Å². The first-order valence-corrected chi connectivity index (χ1v) is 5.02. The van der Waals surface area contributed by atoms with Gasteiger partial charge in [0.05, 0.1) is 0 Å². The molecule has 0 aliphatic rings. The number of benzene rings is 3. The Morgan fingerprint density at radius 1 is 0.688 bits per heavy atom. The topological polar surface area (TPSA) is 26.0 Å². The van der Waals surface area contributed by atoms with Crippen LogP contribution in [0.5, 0.6) is 0 Å². The molecule has 0 bridgehead atoms. The third-order valence-electron chi connectivity index (χ3n) is 2.81. The molecule has 0 radical (unpaired) electrons. The van der Waals surface area contributed by atoms with Crippen molar-refractivity contribution >= 4 is 39.6 Å². The standard InChI is InChI=1S/C14H11N.ClH/c15-14-12-7-3-1-5-10(12)9-11-6-2-4-8-13(11)14;/h1-9H,15H2;1H. The second-order valence-electron chi connectivity index (χ2n) is 3.73. The van der Waals surface area contributed by atoms with Crippen LogP contribution in [0.15, 0.2) is 54.6 Å². The summed E-state index contributed by atoms with van der Waals surface area (Å²) in [4.78, 5) is 0. The van der Waals surface area contributed by atoms with Crippen LogP contribution in [0.4, 0.5) is 5.69 Å². The Morgan fingerprint density at radius 2 is 1.12 bits per heavy atom. The van der Waals surface area contributed by atoms with Crippen molar-refractivity contribution in [1.82, 2.24) is 0 Å². The minimum Gasteiger partial charge on any atom is -0.398 e. The number of anilines is 1. The summed E-state index contributed by atoms with van der Waals surface area (Å²) < 4.78 is 0. The van der Waals surface area contributed by atoms with E-state index in [0.717, 1.165) is 16.5 Å². The van der Waals surface area contributed by atoms with Gasteiger partial charge in [-0.15, -0.1) is 12.4 Å². The van der Waals surface area contributed by atoms with Crippen LogP contribution in [-0.4, -0.2) is 0 Å². The molecule has 3 aromatic carbocycles. The second-order valence-corrected chi connectivity index (χ2v) is 3.73. The van der Waals surface area contributed by atoms with Gasteiger partial charge in [-0.3, -0.25) is 0 Å². The molecule has 16 heavy (non-hydrogen) atoms. The Balaban J connectivity index is 0.000000963. The summed E-state index contributed by atoms with van der Waals surface area (Å²) in [7, 11) is 0. The molecule has 0 fully saturated rings. The smallest absolute Gasteiger partial charge is 0.0473 e. The van der Waals surface area contributed by atoms with E-state index in [1.165, 1.54) is 10.8 Å². The van der Waals surface area contributed by atoms with Crippen LogP contribution in [0, 0.1) is 0 Å². The van der Waals surface area contributed by atoms with Crippen LogP contribution >= 0.6 is 12.4 Å². The molecule has 0 saturated carbocycles. The Bertz CT molecular complexity index is 592. The van der Waals surface area contributed by atoms with Crippen molar-refractivity contribution in [1.29, 1.82) is 0 Å². The summed E-state index contributed by atoms with van der Waals surface area (Å²) >= 11 is 0. The molecule has 2 heteroatoms. The fourth-order valence-electron chi connectivity index (χ4n) is 2.05. The van der Waals surface area contributed by atoms with Crippen molar-refractivity contribution in [3.05, 3.63) is 54.6 Å². The molecule has 80 valence electrons. The first-order chi connectivity index (χ1) is 7.36. The van der Waals surface area contributed by atoms with Gasteiger partial charge in [-0.2, -0.15) is 0 Å². The predicted molar refractivity (Wildman–Crippen MR) is 73.1 cm³/mol. The van der Waals surface area contributed by atoms with Crippen LogP contribution < -0.4 is 5.73 Å². The normalized spacial score (nSPS) is 10.2. The van der Waals surface area contributed by atoms with Crippen molar-refractivity contribution in [2.24, 2.45) is 0 Å². The molecule has 0 unspecified atom stereocenters. The van der Waals surface area contributed by atoms with E-state index in [2.05, 4.69) is 30.3 Å². The highest BCUT2D eigenvalue weighted by Gasteiger charge is 2.02. The van der Waals surface area contributed by atoms with Gasteiger partial charge in [0, 0.05) is 16.5 Å². The predicted octanol–water partition coefficient (Wildman–Crippen LogP) is 4.00. The van der Waals surface area contributed by atoms with Crippen molar-refractivity contribution in [2.75, 3.05) is 5.73 Å². The summed E-state index contributed by atoms with van der Waals surface area (Å²) in [6.07, 6.45) is 0. The van der Waals surface area contributed by atoms with E-state index in [0.29, 0.717) is 0 Å². The minimum atomic E-state index is 0. The third kappa shape index (κ3) is 1.50. The maximum atomic E-state index is 6.15. The number of rotatable bonds is 0. The Morgan fingerprint density at radius 3 is 1.62 bits per heavy atom. The third-order valence-corrected chi connectivity index (χ3v) is 2.81. The Kier molecular flexibility index (Phi) is 2.71. The number of fused-ring (bicyclic) bond motifs is 2. The van der Waals surface area contributed by atoms with E-state index in [-0.39, 0.29) is 12.4 Å². The first-order valence-electron chi connectivity index (χ1n) is 5.02. The van der Waals surface area contributed by atoms with Crippen molar-refractivity contribution in [2.45, 2.75) is 0 Å². The molecule has 0 aromatic heterocycles. The van der Waals surface area contributed by atoms with E-state index in [1.807, 2.05) is 24.3 Å². The van der Waals surface area contributed by atoms with E-state index in [1.54, 1.807) is 0 Å². The molecule has 0 spiro atoms. The van der Waals surface area contributed by atoms with E-state index < -0.39 is 0 Å². The highest BCUT2D eigenvalue weighted by Crippen LogP contribution is 2.29. The zero-order valence-electron chi connectivity index (χ0n) is 8.68. The number of nitrogen functional groups attached to an aromatic ring is 1. The molecule has 3 aromatic rings. The maximum Gasteiger partial charge on any atom is 0.0473 e. The monoisotopic (exact) mass is 229 g/mol. The van der Waals surface area contributed by atoms with Gasteiger partial charge < -0.3 is 5.73 Å². The van der Waals surface area contributed by atoms with Crippen LogP contribution in [0.2, 0.25) is 0 Å². The zero-order chi connectivity index (χ0) is 10.3. The van der Waals surface area contributed by atoms with Gasteiger partial charge in [0.2, 0.25) is 0 Å². The van der Waals surface area contributed by atoms with Gasteiger partial charge in [-0.05, 0) is 16.8 Å². The largest absolute Gasteiger partial charge is 0.398 e. The lowest BCUT2D eigenvalue weighted by Crippen LogP contribution is -1.88. The zero-order valence-corrected chi connectivity index (χ0v) is 9.50. The van der Waals surface area contributed by atoms with Gasteiger partial charge in [-0.1, -0.05) is 48.5 Å². The minimum absolute atomic E-state index is 0. The Hall–Kier alpha value is -1.73. The molecule has 0 atom stereocenters. The molecular weight excluding hydrogens is 218 g/mol. The highest BCUT2D eigenvalue weighted by molar-refractivity contribution is 6.09. The van der Waals surface area contributed by atoms with Gasteiger partial charge in [-0.25, -0.2) is 0 Å². The second kappa shape index (κ2) is 4.03. The average molecular weight is 230 g/mol. The molecule has 0 saturated heterocycles. The van der Waals surface area contributed by atoms with E-state index in [4.69, 9.17) is 5.73 Å². The molecule has 2 N–H and O–H groups in total. The molecule has 1 nitrogen and oxygen atoms in total. The Labute approximate surface area is 100 Å². The summed E-state index contributed by atoms with van der Waals surface area (Å²) in [5.74, 6) is 0. The van der Waals surface area contributed by atoms with Gasteiger partial charge in [0.15, 0.2) is 0 Å². The first kappa shape index (κ1) is 10.8. The molecule has 3 rings (SSSR count). The SMILES string of the molecule is Cl.Nc1c2ccccc2cc2ccccc12. The van der Waals surface area contributed by atoms with E-state index >= 15 is 0 Å². The van der Waals surface area contributed by atoms with Gasteiger partial charge in [0.25, 0.3) is 0 Å². The molecule has 0 aliphatic heterocycles. The highest BCUT2D eigenvalue weighted by atomic mass is 35.5. The molecule has 0 heterocycles. The lowest BCUT2D eigenvalue weighted by molar-refractivity contribution is 1.75. The summed E-state index contributed by atoms with van der Waals surface area (Å²) in [6.45, 7) is 0. The quantitative estimate of drug-likeness (QED) is 0.458. The molecule has 0 aliphatic carbocycles. The lowest BCUT2D eigenvalue weighted by atomic mass is 10.0. The number of hydrogen-bond donors (Lipinski definition) is 1. The van der Waals surface area contributed by atoms with Crippen LogP contribution in [0.3, 0.4) is 0 Å². The summed E-state index contributed by atoms with van der Waals surface area (Å²) in [5.41, 5.74) is 7.03. The molecule has 0 amide bonds. The van der Waals surface area contributed by atoms with Crippen molar-refractivity contribution < 1.29 is 0 Å². The van der Waals surface area contributed by atoms with Crippen LogP contribution in [0.1, 0.15) is 0 Å².